The van der Waals surface area contributed by atoms with Crippen LogP contribution in [0, 0.1) is 0 Å². The molecule has 0 saturated carbocycles. The molecule has 0 spiro atoms. The number of carboxylic acid groups (broad SMARTS) is 1. The molecule has 1 fully saturated rings. The molecule has 2 heterocycles. The normalized spacial score (nSPS) is 25.0. The van der Waals surface area contributed by atoms with Crippen LogP contribution in [0.5, 0.6) is 0 Å². The second kappa shape index (κ2) is 7.20. The van der Waals surface area contributed by atoms with Crippen molar-refractivity contribution in [2.75, 3.05) is 6.61 Å². The van der Waals surface area contributed by atoms with Crippen molar-refractivity contribution in [1.82, 2.24) is 9.13 Å². The fourth-order valence-corrected chi connectivity index (χ4v) is 2.91. The standard InChI is InChI=1S/C12H17N2O10P/c1-13-8(16)2-3-14(12(13)19)9-4-6(15)7(24-9)5-23-11(10(17)18)25(20,21)22/h2-3,6-7,9,11,15H,4-5H2,1H3,(H,17,18)(H2,20,21,22)/t6-,7+,9+,11-/m0/s1. The highest BCUT2D eigenvalue weighted by molar-refractivity contribution is 7.53. The molecular weight excluding hydrogens is 363 g/mol. The van der Waals surface area contributed by atoms with Gasteiger partial charge in [-0.3, -0.25) is 18.5 Å². The second-order valence-corrected chi connectivity index (χ2v) is 7.10. The lowest BCUT2D eigenvalue weighted by Gasteiger charge is -2.20. The number of rotatable bonds is 6. The molecule has 13 heteroatoms. The Bertz CT molecular complexity index is 811. The van der Waals surface area contributed by atoms with E-state index in [1.807, 2.05) is 0 Å². The molecule has 1 aromatic rings. The number of aromatic nitrogens is 2. The number of hydrogen-bond donors (Lipinski definition) is 4. The molecule has 0 bridgehead atoms. The molecule has 12 nitrogen and oxygen atoms in total. The van der Waals surface area contributed by atoms with Crippen LogP contribution in [0.15, 0.2) is 21.9 Å². The van der Waals surface area contributed by atoms with E-state index in [9.17, 15) is 24.1 Å². The molecule has 0 unspecified atom stereocenters. The summed E-state index contributed by atoms with van der Waals surface area (Å²) in [7, 11) is -3.79. The van der Waals surface area contributed by atoms with Crippen molar-refractivity contribution in [2.24, 2.45) is 7.05 Å². The molecule has 1 aliphatic heterocycles. The minimum atomic E-state index is -5.05. The number of aliphatic hydroxyl groups is 1. The third-order valence-corrected chi connectivity index (χ3v) is 4.65. The second-order valence-electron chi connectivity index (χ2n) is 5.45. The lowest BCUT2D eigenvalue weighted by atomic mass is 10.2. The summed E-state index contributed by atoms with van der Waals surface area (Å²) < 4.78 is 23.1. The van der Waals surface area contributed by atoms with Gasteiger partial charge >= 0.3 is 19.3 Å². The van der Waals surface area contributed by atoms with E-state index in [2.05, 4.69) is 4.74 Å². The van der Waals surface area contributed by atoms with E-state index in [-0.39, 0.29) is 6.42 Å². The van der Waals surface area contributed by atoms with Gasteiger partial charge in [0.1, 0.15) is 12.3 Å². The van der Waals surface area contributed by atoms with Crippen LogP contribution in [0.25, 0.3) is 0 Å². The maximum Gasteiger partial charge on any atom is 0.365 e. The zero-order valence-electron chi connectivity index (χ0n) is 13.0. The molecule has 140 valence electrons. The van der Waals surface area contributed by atoms with Crippen LogP contribution >= 0.6 is 7.60 Å². The summed E-state index contributed by atoms with van der Waals surface area (Å²) in [5.74, 6) is -4.24. The van der Waals surface area contributed by atoms with E-state index in [1.54, 1.807) is 0 Å². The van der Waals surface area contributed by atoms with Crippen LogP contribution < -0.4 is 11.2 Å². The minimum absolute atomic E-state index is 0.0558. The molecule has 1 aliphatic rings. The molecule has 0 aliphatic carbocycles. The van der Waals surface area contributed by atoms with Gasteiger partial charge in [-0.1, -0.05) is 0 Å². The van der Waals surface area contributed by atoms with Gasteiger partial charge in [-0.2, -0.15) is 0 Å². The zero-order chi connectivity index (χ0) is 18.9. The molecular formula is C12H17N2O10P. The monoisotopic (exact) mass is 380 g/mol. The van der Waals surface area contributed by atoms with E-state index in [4.69, 9.17) is 19.6 Å². The van der Waals surface area contributed by atoms with Crippen molar-refractivity contribution in [3.8, 4) is 0 Å². The Morgan fingerprint density at radius 1 is 1.48 bits per heavy atom. The number of ether oxygens (including phenoxy) is 2. The number of aliphatic carboxylic acids is 1. The lowest BCUT2D eigenvalue weighted by Crippen LogP contribution is -2.38. The van der Waals surface area contributed by atoms with Gasteiger partial charge in [0.05, 0.1) is 12.7 Å². The Morgan fingerprint density at radius 2 is 2.12 bits per heavy atom. The highest BCUT2D eigenvalue weighted by Crippen LogP contribution is 2.42. The topological polar surface area (TPSA) is 178 Å². The maximum absolute atomic E-state index is 12.0. The van der Waals surface area contributed by atoms with Crippen LogP contribution in [0.4, 0.5) is 0 Å². The largest absolute Gasteiger partial charge is 0.479 e. The van der Waals surface area contributed by atoms with E-state index < -0.39 is 55.7 Å². The van der Waals surface area contributed by atoms with Crippen molar-refractivity contribution in [1.29, 1.82) is 0 Å². The van der Waals surface area contributed by atoms with Gasteiger partial charge in [0, 0.05) is 25.7 Å². The quantitative estimate of drug-likeness (QED) is 0.396. The molecule has 2 rings (SSSR count). The van der Waals surface area contributed by atoms with Crippen LogP contribution in [0.2, 0.25) is 0 Å². The van der Waals surface area contributed by atoms with Gasteiger partial charge in [0.2, 0.25) is 0 Å². The first kappa shape index (κ1) is 19.5. The number of hydrogen-bond acceptors (Lipinski definition) is 7. The molecule has 25 heavy (non-hydrogen) atoms. The third-order valence-electron chi connectivity index (χ3n) is 3.67. The van der Waals surface area contributed by atoms with E-state index in [1.165, 1.54) is 13.2 Å². The average molecular weight is 380 g/mol. The lowest BCUT2D eigenvalue weighted by molar-refractivity contribution is -0.149. The fourth-order valence-electron chi connectivity index (χ4n) is 2.34. The van der Waals surface area contributed by atoms with Crippen LogP contribution in [0.1, 0.15) is 12.6 Å². The summed E-state index contributed by atoms with van der Waals surface area (Å²) >= 11 is 0. The molecule has 4 atom stereocenters. The number of nitrogens with zero attached hydrogens (tertiary/aromatic N) is 2. The van der Waals surface area contributed by atoms with Crippen molar-refractivity contribution in [3.05, 3.63) is 33.1 Å². The Hall–Kier alpha value is -1.82. The SMILES string of the molecule is Cn1c(=O)ccn([C@H]2C[C@H](O)[C@@H](CO[C@H](C(=O)O)P(=O)(O)O)O2)c1=O. The zero-order valence-corrected chi connectivity index (χ0v) is 13.9. The Kier molecular flexibility index (Phi) is 5.62. The molecule has 0 amide bonds. The summed E-state index contributed by atoms with van der Waals surface area (Å²) in [5, 5.41) is 18.7. The van der Waals surface area contributed by atoms with Gasteiger partial charge in [0.25, 0.3) is 11.4 Å². The fraction of sp³-hybridized carbons (Fsp3) is 0.583. The first-order chi connectivity index (χ1) is 11.5. The van der Waals surface area contributed by atoms with Crippen molar-refractivity contribution >= 4 is 13.6 Å². The van der Waals surface area contributed by atoms with Crippen LogP contribution in [-0.4, -0.2) is 59.8 Å². The summed E-state index contributed by atoms with van der Waals surface area (Å²) in [4.78, 5) is 52.1. The number of aliphatic hydroxyl groups excluding tert-OH is 1. The third kappa shape index (κ3) is 4.24. The molecule has 0 radical (unpaired) electrons. The number of carbonyl (C=O) groups is 1. The van der Waals surface area contributed by atoms with Crippen LogP contribution in [-0.2, 0) is 25.9 Å². The molecule has 1 aromatic heterocycles. The predicted octanol–water partition coefficient (Wildman–Crippen LogP) is -2.20. The number of carboxylic acids is 1. The Morgan fingerprint density at radius 3 is 2.68 bits per heavy atom. The van der Waals surface area contributed by atoms with Gasteiger partial charge in [-0.15, -0.1) is 0 Å². The summed E-state index contributed by atoms with van der Waals surface area (Å²) in [6.45, 7) is -0.611. The highest BCUT2D eigenvalue weighted by atomic mass is 31.2. The van der Waals surface area contributed by atoms with Crippen molar-refractivity contribution < 1.29 is 38.8 Å². The van der Waals surface area contributed by atoms with Gasteiger partial charge in [0.15, 0.2) is 0 Å². The Labute approximate surface area is 140 Å². The van der Waals surface area contributed by atoms with Gasteiger partial charge in [-0.05, 0) is 0 Å². The van der Waals surface area contributed by atoms with E-state index in [0.29, 0.717) is 0 Å². The van der Waals surface area contributed by atoms with E-state index >= 15 is 0 Å². The Balaban J connectivity index is 2.11. The summed E-state index contributed by atoms with van der Waals surface area (Å²) in [6.07, 6.45) is -2.08. The smallest absolute Gasteiger partial charge is 0.365 e. The van der Waals surface area contributed by atoms with Gasteiger partial charge < -0.3 is 29.5 Å². The minimum Gasteiger partial charge on any atom is -0.479 e. The first-order valence-electron chi connectivity index (χ1n) is 7.03. The summed E-state index contributed by atoms with van der Waals surface area (Å²) in [6, 6.07) is 1.13. The molecule has 0 aromatic carbocycles. The van der Waals surface area contributed by atoms with Crippen molar-refractivity contribution in [2.45, 2.75) is 30.7 Å². The molecule has 1 saturated heterocycles. The van der Waals surface area contributed by atoms with Crippen molar-refractivity contribution in [3.63, 3.8) is 0 Å². The molecule has 4 N–H and O–H groups in total. The first-order valence-corrected chi connectivity index (χ1v) is 8.72. The van der Waals surface area contributed by atoms with Crippen LogP contribution in [0.3, 0.4) is 0 Å². The maximum atomic E-state index is 12.0. The predicted molar refractivity (Wildman–Crippen MR) is 79.9 cm³/mol. The van der Waals surface area contributed by atoms with Gasteiger partial charge in [-0.25, -0.2) is 9.59 Å². The average Bonchev–Trinajstić information content (AvgIpc) is 2.84. The van der Waals surface area contributed by atoms with E-state index in [0.717, 1.165) is 15.2 Å². The summed E-state index contributed by atoms with van der Waals surface area (Å²) in [5.41, 5.74) is -1.20. The highest BCUT2D eigenvalue weighted by Gasteiger charge is 2.41.